The first-order valence-electron chi connectivity index (χ1n) is 8.14. The summed E-state index contributed by atoms with van der Waals surface area (Å²) in [5.74, 6) is 0.449. The number of halogens is 1. The summed E-state index contributed by atoms with van der Waals surface area (Å²) in [6.45, 7) is 4.45. The maximum absolute atomic E-state index is 12.7. The lowest BCUT2D eigenvalue weighted by atomic mass is 10.2. The van der Waals surface area contributed by atoms with Gasteiger partial charge in [0.1, 0.15) is 11.3 Å². The average Bonchev–Trinajstić information content (AvgIpc) is 2.63. The van der Waals surface area contributed by atoms with E-state index in [0.29, 0.717) is 22.8 Å². The number of ether oxygens (including phenoxy) is 1. The minimum Gasteiger partial charge on any atom is -0.481 e. The highest BCUT2D eigenvalue weighted by atomic mass is 35.5. The Bertz CT molecular complexity index is 911. The smallest absolute Gasteiger partial charge is 0.264 e. The summed E-state index contributed by atoms with van der Waals surface area (Å²) in [5, 5.41) is 1.41. The van der Waals surface area contributed by atoms with E-state index in [1.807, 2.05) is 50.2 Å². The topological polar surface area (TPSA) is 42.4 Å². The monoisotopic (exact) mass is 354 g/mol. The molecule has 1 aromatic heterocycles. The van der Waals surface area contributed by atoms with Crippen molar-refractivity contribution in [1.82, 2.24) is 4.98 Å². The quantitative estimate of drug-likeness (QED) is 0.671. The summed E-state index contributed by atoms with van der Waals surface area (Å²) in [5.41, 5.74) is 2.61. The summed E-state index contributed by atoms with van der Waals surface area (Å²) in [4.78, 5) is 18.7. The first-order valence-corrected chi connectivity index (χ1v) is 8.51. The van der Waals surface area contributed by atoms with Crippen LogP contribution < -0.4 is 9.64 Å². The van der Waals surface area contributed by atoms with Crippen molar-refractivity contribution in [2.75, 3.05) is 18.1 Å². The van der Waals surface area contributed by atoms with Gasteiger partial charge in [-0.2, -0.15) is 0 Å². The molecule has 1 heterocycles. The zero-order valence-electron chi connectivity index (χ0n) is 14.2. The van der Waals surface area contributed by atoms with Gasteiger partial charge in [-0.05, 0) is 49.7 Å². The fraction of sp³-hybridized carbons (Fsp3) is 0.200. The third kappa shape index (κ3) is 3.59. The molecular formula is C20H19ClN2O2. The number of benzene rings is 2. The molecule has 0 fully saturated rings. The van der Waals surface area contributed by atoms with E-state index in [2.05, 4.69) is 4.98 Å². The Morgan fingerprint density at radius 2 is 1.96 bits per heavy atom. The fourth-order valence-electron chi connectivity index (χ4n) is 2.79. The SMILES string of the molecule is CCN(C(=O)COc1ccc(Cl)c2cccnc12)c1ccccc1C. The Kier molecular flexibility index (Phi) is 5.19. The van der Waals surface area contributed by atoms with E-state index in [4.69, 9.17) is 16.3 Å². The molecule has 0 N–H and O–H groups in total. The number of aromatic nitrogens is 1. The van der Waals surface area contributed by atoms with E-state index in [9.17, 15) is 4.79 Å². The van der Waals surface area contributed by atoms with E-state index in [0.717, 1.165) is 16.6 Å². The summed E-state index contributed by atoms with van der Waals surface area (Å²) >= 11 is 6.19. The Balaban J connectivity index is 1.80. The lowest BCUT2D eigenvalue weighted by molar-refractivity contribution is -0.120. The first kappa shape index (κ1) is 17.2. The van der Waals surface area contributed by atoms with Gasteiger partial charge in [-0.3, -0.25) is 9.78 Å². The number of amides is 1. The van der Waals surface area contributed by atoms with Gasteiger partial charge in [0, 0.05) is 23.8 Å². The van der Waals surface area contributed by atoms with Crippen molar-refractivity contribution in [1.29, 1.82) is 0 Å². The number of hydrogen-bond acceptors (Lipinski definition) is 3. The number of nitrogens with zero attached hydrogens (tertiary/aromatic N) is 2. The highest BCUT2D eigenvalue weighted by molar-refractivity contribution is 6.35. The summed E-state index contributed by atoms with van der Waals surface area (Å²) in [7, 11) is 0. The first-order chi connectivity index (χ1) is 12.1. The van der Waals surface area contributed by atoms with Crippen LogP contribution in [0.3, 0.4) is 0 Å². The molecule has 4 nitrogen and oxygen atoms in total. The number of rotatable bonds is 5. The number of likely N-dealkylation sites (N-methyl/N-ethyl adjacent to an activating group) is 1. The molecule has 25 heavy (non-hydrogen) atoms. The van der Waals surface area contributed by atoms with Gasteiger partial charge in [-0.25, -0.2) is 0 Å². The van der Waals surface area contributed by atoms with Gasteiger partial charge in [0.25, 0.3) is 5.91 Å². The molecule has 0 atom stereocenters. The molecular weight excluding hydrogens is 336 g/mol. The number of carbonyl (C=O) groups excluding carboxylic acids is 1. The Hall–Kier alpha value is -2.59. The van der Waals surface area contributed by atoms with Crippen LogP contribution in [-0.4, -0.2) is 24.0 Å². The number of pyridine rings is 1. The molecule has 0 bridgehead atoms. The fourth-order valence-corrected chi connectivity index (χ4v) is 3.01. The van der Waals surface area contributed by atoms with Gasteiger partial charge in [-0.15, -0.1) is 0 Å². The van der Waals surface area contributed by atoms with E-state index < -0.39 is 0 Å². The molecule has 128 valence electrons. The molecule has 2 aromatic carbocycles. The van der Waals surface area contributed by atoms with Gasteiger partial charge < -0.3 is 9.64 Å². The van der Waals surface area contributed by atoms with Crippen LogP contribution in [0.1, 0.15) is 12.5 Å². The van der Waals surface area contributed by atoms with Crippen molar-refractivity contribution in [3.63, 3.8) is 0 Å². The minimum absolute atomic E-state index is 0.0600. The van der Waals surface area contributed by atoms with E-state index in [1.54, 1.807) is 23.2 Å². The number of fused-ring (bicyclic) bond motifs is 1. The van der Waals surface area contributed by atoms with Crippen molar-refractivity contribution in [2.45, 2.75) is 13.8 Å². The lowest BCUT2D eigenvalue weighted by Crippen LogP contribution is -2.35. The van der Waals surface area contributed by atoms with Gasteiger partial charge in [0.15, 0.2) is 6.61 Å². The van der Waals surface area contributed by atoms with Gasteiger partial charge in [0.2, 0.25) is 0 Å². The molecule has 3 rings (SSSR count). The predicted molar refractivity (Wildman–Crippen MR) is 101 cm³/mol. The van der Waals surface area contributed by atoms with Crippen LogP contribution in [0, 0.1) is 6.92 Å². The maximum Gasteiger partial charge on any atom is 0.264 e. The zero-order chi connectivity index (χ0) is 17.8. The number of para-hydroxylation sites is 1. The number of hydrogen-bond donors (Lipinski definition) is 0. The van der Waals surface area contributed by atoms with Gasteiger partial charge in [0.05, 0.1) is 5.02 Å². The Labute approximate surface area is 152 Å². The van der Waals surface area contributed by atoms with E-state index in [1.165, 1.54) is 0 Å². The second-order valence-corrected chi connectivity index (χ2v) is 6.07. The van der Waals surface area contributed by atoms with E-state index in [-0.39, 0.29) is 12.5 Å². The van der Waals surface area contributed by atoms with Crippen LogP contribution in [0.2, 0.25) is 5.02 Å². The molecule has 0 aliphatic rings. The Morgan fingerprint density at radius 3 is 2.72 bits per heavy atom. The minimum atomic E-state index is -0.101. The highest BCUT2D eigenvalue weighted by Crippen LogP contribution is 2.29. The third-order valence-corrected chi connectivity index (χ3v) is 4.38. The standard InChI is InChI=1S/C20H19ClN2O2/c1-3-23(17-9-5-4-7-14(17)2)19(24)13-25-18-11-10-16(21)15-8-6-12-22-20(15)18/h4-12H,3,13H2,1-2H3. The zero-order valence-corrected chi connectivity index (χ0v) is 15.0. The number of carbonyl (C=O) groups is 1. The number of aryl methyl sites for hydroxylation is 1. The normalized spacial score (nSPS) is 10.7. The van der Waals surface area contributed by atoms with Crippen LogP contribution >= 0.6 is 11.6 Å². The summed E-state index contributed by atoms with van der Waals surface area (Å²) in [6.07, 6.45) is 1.68. The lowest BCUT2D eigenvalue weighted by Gasteiger charge is -2.23. The number of anilines is 1. The summed E-state index contributed by atoms with van der Waals surface area (Å²) in [6, 6.07) is 15.0. The molecule has 0 saturated carbocycles. The highest BCUT2D eigenvalue weighted by Gasteiger charge is 2.17. The van der Waals surface area contributed by atoms with Crippen molar-refractivity contribution in [3.8, 4) is 5.75 Å². The van der Waals surface area contributed by atoms with Crippen LogP contribution in [-0.2, 0) is 4.79 Å². The van der Waals surface area contributed by atoms with Crippen molar-refractivity contribution < 1.29 is 9.53 Å². The van der Waals surface area contributed by atoms with Crippen LogP contribution in [0.15, 0.2) is 54.7 Å². The second kappa shape index (κ2) is 7.53. The third-order valence-electron chi connectivity index (χ3n) is 4.05. The van der Waals surface area contributed by atoms with Crippen LogP contribution in [0.5, 0.6) is 5.75 Å². The molecule has 5 heteroatoms. The van der Waals surface area contributed by atoms with Crippen molar-refractivity contribution in [2.24, 2.45) is 0 Å². The molecule has 0 saturated heterocycles. The van der Waals surface area contributed by atoms with Crippen LogP contribution in [0.25, 0.3) is 10.9 Å². The van der Waals surface area contributed by atoms with Crippen LogP contribution in [0.4, 0.5) is 5.69 Å². The molecule has 0 radical (unpaired) electrons. The van der Waals surface area contributed by atoms with Crippen molar-refractivity contribution in [3.05, 3.63) is 65.3 Å². The Morgan fingerprint density at radius 1 is 1.16 bits per heavy atom. The molecule has 0 aliphatic carbocycles. The second-order valence-electron chi connectivity index (χ2n) is 5.66. The molecule has 3 aromatic rings. The predicted octanol–water partition coefficient (Wildman–Crippen LogP) is 4.63. The molecule has 0 aliphatic heterocycles. The molecule has 0 spiro atoms. The molecule has 0 unspecified atom stereocenters. The largest absolute Gasteiger partial charge is 0.481 e. The maximum atomic E-state index is 12.7. The summed E-state index contributed by atoms with van der Waals surface area (Å²) < 4.78 is 5.77. The average molecular weight is 355 g/mol. The van der Waals surface area contributed by atoms with Gasteiger partial charge in [-0.1, -0.05) is 29.8 Å². The van der Waals surface area contributed by atoms with E-state index >= 15 is 0 Å². The van der Waals surface area contributed by atoms with Gasteiger partial charge >= 0.3 is 0 Å². The molecule has 1 amide bonds. The van der Waals surface area contributed by atoms with Crippen molar-refractivity contribution >= 4 is 34.1 Å².